The highest BCUT2D eigenvalue weighted by Gasteiger charge is 2.34. The summed E-state index contributed by atoms with van der Waals surface area (Å²) in [6.07, 6.45) is 0.612. The van der Waals surface area contributed by atoms with Crippen LogP contribution in [0.25, 0.3) is 0 Å². The first-order chi connectivity index (χ1) is 19.3. The molecule has 1 heterocycles. The van der Waals surface area contributed by atoms with Crippen LogP contribution in [0.4, 0.5) is 0 Å². The standard InChI is InChI=1S/C30H36N2O7S/c1-6-31(7-2)40(34,35)23-14-12-21(13-15-23)30(33)32-17-16-22-18-28(37-4)29(38-5)19-24(22)25(32)20-39-27-11-9-8-10-26(27)36-3/h8-15,18-19,25H,6-7,16-17,20H2,1-5H3/t25-/m0/s1. The smallest absolute Gasteiger partial charge is 0.254 e. The van der Waals surface area contributed by atoms with Crippen LogP contribution >= 0.6 is 0 Å². The molecule has 3 aromatic rings. The molecule has 0 spiro atoms. The number of rotatable bonds is 11. The van der Waals surface area contributed by atoms with E-state index in [1.165, 1.54) is 16.4 Å². The van der Waals surface area contributed by atoms with Crippen molar-refractivity contribution in [1.29, 1.82) is 0 Å². The molecule has 0 saturated carbocycles. The fourth-order valence-electron chi connectivity index (χ4n) is 5.01. The van der Waals surface area contributed by atoms with Gasteiger partial charge < -0.3 is 23.8 Å². The van der Waals surface area contributed by atoms with E-state index in [4.69, 9.17) is 18.9 Å². The lowest BCUT2D eigenvalue weighted by molar-refractivity contribution is 0.0587. The minimum atomic E-state index is -3.63. The number of ether oxygens (including phenoxy) is 4. The molecule has 9 nitrogen and oxygen atoms in total. The van der Waals surface area contributed by atoms with Crippen LogP contribution in [0.3, 0.4) is 0 Å². The maximum atomic E-state index is 13.9. The van der Waals surface area contributed by atoms with E-state index in [-0.39, 0.29) is 17.4 Å². The van der Waals surface area contributed by atoms with E-state index in [0.29, 0.717) is 54.6 Å². The van der Waals surface area contributed by atoms with Gasteiger partial charge in [-0.2, -0.15) is 4.31 Å². The van der Waals surface area contributed by atoms with Crippen LogP contribution in [0, 0.1) is 0 Å². The molecule has 4 rings (SSSR count). The Balaban J connectivity index is 1.68. The predicted molar refractivity (Wildman–Crippen MR) is 152 cm³/mol. The third-order valence-corrected chi connectivity index (χ3v) is 9.24. The summed E-state index contributed by atoms with van der Waals surface area (Å²) in [6, 6.07) is 16.9. The molecule has 0 aromatic heterocycles. The van der Waals surface area contributed by atoms with Crippen LogP contribution in [-0.4, -0.2) is 71.1 Å². The number of nitrogens with zero attached hydrogens (tertiary/aromatic N) is 2. The van der Waals surface area contributed by atoms with Crippen LogP contribution in [0.2, 0.25) is 0 Å². The SMILES string of the molecule is CCN(CC)S(=O)(=O)c1ccc(C(=O)N2CCc3cc(OC)c(OC)cc3[C@@H]2COc2ccccc2OC)cc1. The fraction of sp³-hybridized carbons (Fsp3) is 0.367. The minimum absolute atomic E-state index is 0.157. The quantitative estimate of drug-likeness (QED) is 0.335. The lowest BCUT2D eigenvalue weighted by Crippen LogP contribution is -2.42. The summed E-state index contributed by atoms with van der Waals surface area (Å²) in [5, 5.41) is 0. The number of hydrogen-bond acceptors (Lipinski definition) is 7. The molecule has 0 radical (unpaired) electrons. The Labute approximate surface area is 236 Å². The zero-order chi connectivity index (χ0) is 28.9. The van der Waals surface area contributed by atoms with Gasteiger partial charge in [0.15, 0.2) is 23.0 Å². The summed E-state index contributed by atoms with van der Waals surface area (Å²) in [6.45, 7) is 4.95. The molecule has 1 aliphatic heterocycles. The van der Waals surface area contributed by atoms with Crippen molar-refractivity contribution < 1.29 is 32.2 Å². The van der Waals surface area contributed by atoms with Crippen LogP contribution in [0.15, 0.2) is 65.6 Å². The summed E-state index contributed by atoms with van der Waals surface area (Å²) in [5.41, 5.74) is 2.33. The molecular formula is C30H36N2O7S. The minimum Gasteiger partial charge on any atom is -0.493 e. The highest BCUT2D eigenvalue weighted by molar-refractivity contribution is 7.89. The van der Waals surface area contributed by atoms with Crippen LogP contribution in [0.1, 0.15) is 41.4 Å². The largest absolute Gasteiger partial charge is 0.493 e. The molecule has 0 unspecified atom stereocenters. The van der Waals surface area contributed by atoms with E-state index in [0.717, 1.165) is 11.1 Å². The van der Waals surface area contributed by atoms with Crippen molar-refractivity contribution >= 4 is 15.9 Å². The first kappa shape index (κ1) is 29.2. The normalized spacial score (nSPS) is 14.9. The Bertz CT molecular complexity index is 1440. The third kappa shape index (κ3) is 5.73. The second-order valence-corrected chi connectivity index (χ2v) is 11.2. The molecule has 1 atom stereocenters. The maximum Gasteiger partial charge on any atom is 0.254 e. The van der Waals surface area contributed by atoms with Gasteiger partial charge in [0, 0.05) is 25.2 Å². The van der Waals surface area contributed by atoms with Crippen molar-refractivity contribution in [2.24, 2.45) is 0 Å². The van der Waals surface area contributed by atoms with E-state index in [1.807, 2.05) is 36.4 Å². The van der Waals surface area contributed by atoms with Crippen molar-refractivity contribution in [3.63, 3.8) is 0 Å². The Hall–Kier alpha value is -3.76. The second kappa shape index (κ2) is 12.6. The average molecular weight is 569 g/mol. The van der Waals surface area contributed by atoms with Gasteiger partial charge in [-0.05, 0) is 66.1 Å². The average Bonchev–Trinajstić information content (AvgIpc) is 2.99. The Morgan fingerprint density at radius 3 is 2.08 bits per heavy atom. The summed E-state index contributed by atoms with van der Waals surface area (Å²) >= 11 is 0. The summed E-state index contributed by atoms with van der Waals surface area (Å²) in [4.78, 5) is 15.8. The van der Waals surface area contributed by atoms with Gasteiger partial charge in [0.05, 0.1) is 32.3 Å². The van der Waals surface area contributed by atoms with Crippen LogP contribution in [-0.2, 0) is 16.4 Å². The Kier molecular flexibility index (Phi) is 9.21. The molecule has 10 heteroatoms. The second-order valence-electron chi connectivity index (χ2n) is 9.25. The number of carbonyl (C=O) groups excluding carboxylic acids is 1. The molecular weight excluding hydrogens is 532 g/mol. The van der Waals surface area contributed by atoms with E-state index in [9.17, 15) is 13.2 Å². The van der Waals surface area contributed by atoms with Crippen LogP contribution < -0.4 is 18.9 Å². The van der Waals surface area contributed by atoms with Gasteiger partial charge in [-0.15, -0.1) is 0 Å². The van der Waals surface area contributed by atoms with Crippen molar-refractivity contribution in [3.05, 3.63) is 77.4 Å². The number of benzene rings is 3. The third-order valence-electron chi connectivity index (χ3n) is 7.17. The monoisotopic (exact) mass is 568 g/mol. The van der Waals surface area contributed by atoms with Gasteiger partial charge >= 0.3 is 0 Å². The van der Waals surface area contributed by atoms with E-state index in [2.05, 4.69) is 0 Å². The van der Waals surface area contributed by atoms with Gasteiger partial charge in [0.25, 0.3) is 5.91 Å². The first-order valence-corrected chi connectivity index (χ1v) is 14.6. The zero-order valence-corrected chi connectivity index (χ0v) is 24.4. The van der Waals surface area contributed by atoms with Gasteiger partial charge in [-0.3, -0.25) is 4.79 Å². The lowest BCUT2D eigenvalue weighted by atomic mass is 9.91. The Morgan fingerprint density at radius 2 is 1.48 bits per heavy atom. The maximum absolute atomic E-state index is 13.9. The number of methoxy groups -OCH3 is 3. The number of sulfonamides is 1. The number of amides is 1. The lowest BCUT2D eigenvalue weighted by Gasteiger charge is -2.37. The van der Waals surface area contributed by atoms with Crippen molar-refractivity contribution in [2.45, 2.75) is 31.2 Å². The molecule has 0 aliphatic carbocycles. The number of fused-ring (bicyclic) bond motifs is 1. The molecule has 1 aliphatic rings. The number of carbonyl (C=O) groups is 1. The summed E-state index contributed by atoms with van der Waals surface area (Å²) in [7, 11) is 1.12. The first-order valence-electron chi connectivity index (χ1n) is 13.2. The van der Waals surface area contributed by atoms with Gasteiger partial charge in [-0.1, -0.05) is 26.0 Å². The predicted octanol–water partition coefficient (Wildman–Crippen LogP) is 4.56. The van der Waals surface area contributed by atoms with E-state index < -0.39 is 16.1 Å². The van der Waals surface area contributed by atoms with Crippen molar-refractivity contribution in [3.8, 4) is 23.0 Å². The van der Waals surface area contributed by atoms with E-state index in [1.54, 1.807) is 52.2 Å². The topological polar surface area (TPSA) is 94.6 Å². The molecule has 0 bridgehead atoms. The molecule has 3 aromatic carbocycles. The molecule has 0 N–H and O–H groups in total. The molecule has 40 heavy (non-hydrogen) atoms. The highest BCUT2D eigenvalue weighted by atomic mass is 32.2. The Morgan fingerprint density at radius 1 is 0.875 bits per heavy atom. The summed E-state index contributed by atoms with van der Waals surface area (Å²) in [5.74, 6) is 2.12. The number of hydrogen-bond donors (Lipinski definition) is 0. The van der Waals surface area contributed by atoms with Crippen molar-refractivity contribution in [2.75, 3.05) is 47.6 Å². The molecule has 0 saturated heterocycles. The van der Waals surface area contributed by atoms with Gasteiger partial charge in [-0.25, -0.2) is 8.42 Å². The van der Waals surface area contributed by atoms with Gasteiger partial charge in [0.2, 0.25) is 10.0 Å². The molecule has 214 valence electrons. The molecule has 1 amide bonds. The van der Waals surface area contributed by atoms with Crippen molar-refractivity contribution in [1.82, 2.24) is 9.21 Å². The molecule has 0 fully saturated rings. The summed E-state index contributed by atoms with van der Waals surface area (Å²) < 4.78 is 50.0. The van der Waals surface area contributed by atoms with E-state index >= 15 is 0 Å². The fourth-order valence-corrected chi connectivity index (χ4v) is 6.46. The van der Waals surface area contributed by atoms with Gasteiger partial charge in [0.1, 0.15) is 6.61 Å². The highest BCUT2D eigenvalue weighted by Crippen LogP contribution is 2.39. The number of para-hydroxylation sites is 2. The van der Waals surface area contributed by atoms with Crippen LogP contribution in [0.5, 0.6) is 23.0 Å². The zero-order valence-electron chi connectivity index (χ0n) is 23.5.